The number of hydrogen-bond acceptors (Lipinski definition) is 10. The standard InChI is InChI=1S/C26H62O10Si4/c1-11-27-37(21-24-38(28-12-2,29-13-3)30-14-4,22-25-39(31-15-5,32-16-6)33-17-7)23-26-40(34-18-8,35-19-9)36-20-10/h11-26H2,1-10H3. The first-order valence-electron chi connectivity index (χ1n) is 15.6. The summed E-state index contributed by atoms with van der Waals surface area (Å²) < 4.78 is 63.0. The molecule has 0 aliphatic carbocycles. The lowest BCUT2D eigenvalue weighted by atomic mass is 10.9. The average Bonchev–Trinajstić information content (AvgIpc) is 2.91. The minimum Gasteiger partial charge on any atom is -0.417 e. The quantitative estimate of drug-likeness (QED) is 0.0886. The van der Waals surface area contributed by atoms with Gasteiger partial charge in [-0.1, -0.05) is 0 Å². The van der Waals surface area contributed by atoms with E-state index in [4.69, 9.17) is 44.3 Å². The van der Waals surface area contributed by atoms with Crippen LogP contribution in [0.25, 0.3) is 0 Å². The van der Waals surface area contributed by atoms with Gasteiger partial charge >= 0.3 is 26.4 Å². The summed E-state index contributed by atoms with van der Waals surface area (Å²) in [5.41, 5.74) is 0. The van der Waals surface area contributed by atoms with Gasteiger partial charge in [0, 0.05) is 84.2 Å². The SMILES string of the molecule is CCO[Si](CC[Si](OCC)(OCC)OCC)(CC[Si](OCC)(OCC)OCC)CC[Si](OCC)(OCC)OCC. The van der Waals surface area contributed by atoms with Crippen molar-refractivity contribution in [3.63, 3.8) is 0 Å². The second-order valence-corrected chi connectivity index (χ2v) is 21.4. The maximum absolute atomic E-state index is 6.82. The Labute approximate surface area is 250 Å². The third-order valence-electron chi connectivity index (χ3n) is 6.39. The first-order valence-corrected chi connectivity index (χ1v) is 23.9. The number of hydrogen-bond donors (Lipinski definition) is 0. The molecule has 0 saturated heterocycles. The van der Waals surface area contributed by atoms with E-state index in [0.29, 0.717) is 84.2 Å². The van der Waals surface area contributed by atoms with Crippen molar-refractivity contribution in [1.82, 2.24) is 0 Å². The fraction of sp³-hybridized carbons (Fsp3) is 1.00. The van der Waals surface area contributed by atoms with Gasteiger partial charge < -0.3 is 44.3 Å². The van der Waals surface area contributed by atoms with Crippen LogP contribution >= 0.6 is 0 Å². The van der Waals surface area contributed by atoms with Gasteiger partial charge in [-0.15, -0.1) is 0 Å². The van der Waals surface area contributed by atoms with Gasteiger partial charge in [-0.2, -0.15) is 0 Å². The van der Waals surface area contributed by atoms with Crippen molar-refractivity contribution in [2.75, 3.05) is 66.1 Å². The van der Waals surface area contributed by atoms with Crippen molar-refractivity contribution in [3.05, 3.63) is 0 Å². The Balaban J connectivity index is 6.50. The predicted molar refractivity (Wildman–Crippen MR) is 168 cm³/mol. The molecular weight excluding hydrogens is 585 g/mol. The summed E-state index contributed by atoms with van der Waals surface area (Å²) in [6.45, 7) is 25.5. The first kappa shape index (κ1) is 40.5. The van der Waals surface area contributed by atoms with Crippen molar-refractivity contribution in [2.45, 2.75) is 106 Å². The summed E-state index contributed by atoms with van der Waals surface area (Å²) >= 11 is 0. The van der Waals surface area contributed by atoms with E-state index in [9.17, 15) is 0 Å². The molecule has 0 radical (unpaired) electrons. The van der Waals surface area contributed by atoms with Gasteiger partial charge in [0.05, 0.1) is 0 Å². The minimum atomic E-state index is -2.89. The molecule has 0 bridgehead atoms. The molecular formula is C26H62O10Si4. The molecule has 0 rings (SSSR count). The molecule has 0 atom stereocenters. The summed E-state index contributed by atoms with van der Waals surface area (Å²) in [6.07, 6.45) is 0. The van der Waals surface area contributed by atoms with E-state index in [0.717, 1.165) is 18.1 Å². The lowest BCUT2D eigenvalue weighted by molar-refractivity contribution is 0.0718. The highest BCUT2D eigenvalue weighted by Gasteiger charge is 2.51. The van der Waals surface area contributed by atoms with E-state index in [-0.39, 0.29) is 0 Å². The van der Waals surface area contributed by atoms with Crippen LogP contribution in [0.3, 0.4) is 0 Å². The zero-order valence-corrected chi connectivity index (χ0v) is 31.4. The van der Waals surface area contributed by atoms with E-state index in [2.05, 4.69) is 6.92 Å². The minimum absolute atomic E-state index is 0.541. The topological polar surface area (TPSA) is 92.3 Å². The van der Waals surface area contributed by atoms with Crippen LogP contribution < -0.4 is 0 Å². The van der Waals surface area contributed by atoms with E-state index in [1.54, 1.807) is 0 Å². The fourth-order valence-corrected chi connectivity index (χ4v) is 22.0. The highest BCUT2D eigenvalue weighted by atomic mass is 28.4. The smallest absolute Gasteiger partial charge is 0.417 e. The molecule has 0 aromatic rings. The molecule has 0 saturated carbocycles. The monoisotopic (exact) mass is 646 g/mol. The van der Waals surface area contributed by atoms with Gasteiger partial charge in [-0.05, 0) is 87.4 Å². The van der Waals surface area contributed by atoms with Gasteiger partial charge in [0.2, 0.25) is 0 Å². The second kappa shape index (κ2) is 22.9. The molecule has 40 heavy (non-hydrogen) atoms. The normalized spacial score (nSPS) is 13.3. The summed E-state index contributed by atoms with van der Waals surface area (Å²) in [4.78, 5) is 0. The Hall–Kier alpha value is 0.468. The van der Waals surface area contributed by atoms with Gasteiger partial charge in [-0.25, -0.2) is 0 Å². The molecule has 0 spiro atoms. The lowest BCUT2D eigenvalue weighted by Gasteiger charge is -2.38. The molecule has 0 aliphatic rings. The Kier molecular flexibility index (Phi) is 23.2. The maximum atomic E-state index is 6.82. The van der Waals surface area contributed by atoms with E-state index in [1.165, 1.54) is 0 Å². The molecule has 0 unspecified atom stereocenters. The summed E-state index contributed by atoms with van der Waals surface area (Å²) in [6, 6.07) is 4.51. The molecule has 0 aromatic heterocycles. The fourth-order valence-electron chi connectivity index (χ4n) is 5.04. The molecule has 14 heteroatoms. The second-order valence-electron chi connectivity index (χ2n) is 9.06. The van der Waals surface area contributed by atoms with Crippen LogP contribution in [0, 0.1) is 0 Å². The van der Waals surface area contributed by atoms with E-state index < -0.39 is 34.7 Å². The van der Waals surface area contributed by atoms with Crippen molar-refractivity contribution in [2.24, 2.45) is 0 Å². The Morgan fingerprint density at radius 3 is 0.575 bits per heavy atom. The van der Waals surface area contributed by atoms with Crippen LogP contribution in [-0.4, -0.2) is 101 Å². The molecule has 0 aliphatic heterocycles. The Morgan fingerprint density at radius 2 is 0.425 bits per heavy atom. The lowest BCUT2D eigenvalue weighted by Crippen LogP contribution is -2.53. The third kappa shape index (κ3) is 14.3. The van der Waals surface area contributed by atoms with Crippen LogP contribution in [0.15, 0.2) is 0 Å². The summed E-state index contributed by atoms with van der Waals surface area (Å²) in [5.74, 6) is 0. The molecule has 0 N–H and O–H groups in total. The van der Waals surface area contributed by atoms with Crippen molar-refractivity contribution < 1.29 is 44.3 Å². The molecule has 242 valence electrons. The molecule has 10 nitrogen and oxygen atoms in total. The molecule has 0 aromatic carbocycles. The highest BCUT2D eigenvalue weighted by molar-refractivity contribution is 6.79. The van der Waals surface area contributed by atoms with Gasteiger partial charge in [0.1, 0.15) is 0 Å². The van der Waals surface area contributed by atoms with Gasteiger partial charge in [-0.3, -0.25) is 0 Å². The van der Waals surface area contributed by atoms with Crippen LogP contribution in [0.1, 0.15) is 69.2 Å². The van der Waals surface area contributed by atoms with Crippen LogP contribution in [-0.2, 0) is 44.3 Å². The van der Waals surface area contributed by atoms with Gasteiger partial charge in [0.25, 0.3) is 0 Å². The first-order chi connectivity index (χ1) is 19.2. The van der Waals surface area contributed by atoms with Crippen molar-refractivity contribution in [1.29, 1.82) is 0 Å². The zero-order valence-electron chi connectivity index (χ0n) is 27.4. The van der Waals surface area contributed by atoms with Crippen LogP contribution in [0.2, 0.25) is 36.3 Å². The third-order valence-corrected chi connectivity index (χ3v) is 21.4. The number of rotatable bonds is 29. The zero-order chi connectivity index (χ0) is 30.4. The van der Waals surface area contributed by atoms with Crippen LogP contribution in [0.5, 0.6) is 0 Å². The largest absolute Gasteiger partial charge is 0.500 e. The predicted octanol–water partition coefficient (Wildman–Crippen LogP) is 6.11. The Bertz CT molecular complexity index is 481. The van der Waals surface area contributed by atoms with Crippen molar-refractivity contribution >= 4 is 34.7 Å². The van der Waals surface area contributed by atoms with Crippen molar-refractivity contribution in [3.8, 4) is 0 Å². The van der Waals surface area contributed by atoms with E-state index in [1.807, 2.05) is 62.3 Å². The Morgan fingerprint density at radius 1 is 0.250 bits per heavy atom. The highest BCUT2D eigenvalue weighted by Crippen LogP contribution is 2.37. The maximum Gasteiger partial charge on any atom is 0.500 e. The van der Waals surface area contributed by atoms with Crippen LogP contribution in [0.4, 0.5) is 0 Å². The van der Waals surface area contributed by atoms with E-state index >= 15 is 0 Å². The molecule has 0 fully saturated rings. The summed E-state index contributed by atoms with van der Waals surface area (Å²) in [5, 5.41) is 0. The average molecular weight is 647 g/mol. The molecule has 0 heterocycles. The molecule has 0 amide bonds. The van der Waals surface area contributed by atoms with Gasteiger partial charge in [0.15, 0.2) is 8.32 Å². The summed E-state index contributed by atoms with van der Waals surface area (Å²) in [7, 11) is -11.2.